The topological polar surface area (TPSA) is 72.0 Å². The van der Waals surface area contributed by atoms with Crippen LogP contribution < -0.4 is 0 Å². The van der Waals surface area contributed by atoms with E-state index >= 15 is 0 Å². The zero-order valence-corrected chi connectivity index (χ0v) is 16.8. The second-order valence-electron chi connectivity index (χ2n) is 6.23. The summed E-state index contributed by atoms with van der Waals surface area (Å²) in [5.41, 5.74) is 1.65. The van der Waals surface area contributed by atoms with E-state index < -0.39 is 0 Å². The van der Waals surface area contributed by atoms with Crippen molar-refractivity contribution in [3.63, 3.8) is 0 Å². The minimum atomic E-state index is -0.301. The normalized spacial score (nSPS) is 14.3. The highest BCUT2D eigenvalue weighted by Crippen LogP contribution is 2.34. The second-order valence-corrected chi connectivity index (χ2v) is 7.18. The van der Waals surface area contributed by atoms with Crippen molar-refractivity contribution in [3.05, 3.63) is 58.2 Å². The van der Waals surface area contributed by atoms with Crippen molar-refractivity contribution in [2.75, 3.05) is 40.5 Å². The van der Waals surface area contributed by atoms with Gasteiger partial charge in [-0.3, -0.25) is 19.5 Å². The molecule has 2 amide bonds. The van der Waals surface area contributed by atoms with Crippen LogP contribution in [0.15, 0.2) is 47.7 Å². The van der Waals surface area contributed by atoms with Crippen molar-refractivity contribution in [1.82, 2.24) is 14.8 Å². The maximum Gasteiger partial charge on any atom is 0.278 e. The summed E-state index contributed by atoms with van der Waals surface area (Å²) >= 11 is 1.44. The Bertz CT molecular complexity index is 828. The molecule has 0 aromatic carbocycles. The maximum absolute atomic E-state index is 13.3. The summed E-state index contributed by atoms with van der Waals surface area (Å²) in [4.78, 5) is 34.5. The van der Waals surface area contributed by atoms with Crippen LogP contribution in [0.2, 0.25) is 0 Å². The van der Waals surface area contributed by atoms with E-state index in [0.717, 1.165) is 10.4 Å². The van der Waals surface area contributed by atoms with Crippen LogP contribution in [0.5, 0.6) is 0 Å². The van der Waals surface area contributed by atoms with E-state index in [4.69, 9.17) is 9.47 Å². The number of nitrogens with zero attached hydrogens (tertiary/aromatic N) is 3. The third-order valence-electron chi connectivity index (χ3n) is 4.42. The zero-order valence-electron chi connectivity index (χ0n) is 16.0. The predicted octanol–water partition coefficient (Wildman–Crippen LogP) is 2.02. The van der Waals surface area contributed by atoms with Gasteiger partial charge in [0.1, 0.15) is 5.70 Å². The summed E-state index contributed by atoms with van der Waals surface area (Å²) in [6.45, 7) is 2.05. The van der Waals surface area contributed by atoms with Gasteiger partial charge in [0, 0.05) is 44.6 Å². The summed E-state index contributed by atoms with van der Waals surface area (Å²) in [5, 5.41) is 1.90. The fraction of sp³-hybridized carbons (Fsp3) is 0.350. The van der Waals surface area contributed by atoms with Gasteiger partial charge in [0.05, 0.1) is 25.3 Å². The summed E-state index contributed by atoms with van der Waals surface area (Å²) in [6, 6.07) is 7.38. The molecule has 8 heteroatoms. The molecule has 0 saturated carbocycles. The first-order chi connectivity index (χ1) is 13.7. The molecule has 3 heterocycles. The van der Waals surface area contributed by atoms with Crippen LogP contribution in [0.3, 0.4) is 0 Å². The molecule has 2 aromatic heterocycles. The minimum absolute atomic E-state index is 0.187. The van der Waals surface area contributed by atoms with Gasteiger partial charge in [-0.2, -0.15) is 0 Å². The average Bonchev–Trinajstić information content (AvgIpc) is 3.32. The van der Waals surface area contributed by atoms with E-state index in [9.17, 15) is 9.59 Å². The van der Waals surface area contributed by atoms with Crippen LogP contribution in [-0.4, -0.2) is 67.1 Å². The van der Waals surface area contributed by atoms with E-state index in [1.165, 1.54) is 16.2 Å². The molecule has 1 aliphatic rings. The van der Waals surface area contributed by atoms with Gasteiger partial charge in [0.15, 0.2) is 0 Å². The first kappa shape index (κ1) is 20.2. The van der Waals surface area contributed by atoms with Crippen molar-refractivity contribution in [2.24, 2.45) is 0 Å². The Hall–Kier alpha value is -2.55. The highest BCUT2D eigenvalue weighted by molar-refractivity contribution is 7.11. The van der Waals surface area contributed by atoms with Gasteiger partial charge in [-0.25, -0.2) is 0 Å². The Morgan fingerprint density at radius 3 is 2.39 bits per heavy atom. The smallest absolute Gasteiger partial charge is 0.278 e. The Balaban J connectivity index is 1.98. The van der Waals surface area contributed by atoms with Gasteiger partial charge in [-0.05, 0) is 23.1 Å². The molecular formula is C20H23N3O4S. The molecule has 3 rings (SSSR count). The van der Waals surface area contributed by atoms with Crippen molar-refractivity contribution in [2.45, 2.75) is 6.54 Å². The van der Waals surface area contributed by atoms with Crippen LogP contribution in [0.25, 0.3) is 5.57 Å². The Morgan fingerprint density at radius 1 is 1.07 bits per heavy atom. The maximum atomic E-state index is 13.3. The van der Waals surface area contributed by atoms with Crippen molar-refractivity contribution < 1.29 is 19.1 Å². The third-order valence-corrected chi connectivity index (χ3v) is 5.31. The lowest BCUT2D eigenvalue weighted by molar-refractivity contribution is -0.138. The molecule has 1 aliphatic heterocycles. The summed E-state index contributed by atoms with van der Waals surface area (Å²) in [5.74, 6) is -0.587. The van der Waals surface area contributed by atoms with Gasteiger partial charge >= 0.3 is 0 Å². The molecule has 28 heavy (non-hydrogen) atoms. The number of pyridine rings is 1. The number of rotatable bonds is 10. The molecular weight excluding hydrogens is 378 g/mol. The van der Waals surface area contributed by atoms with Crippen molar-refractivity contribution in [1.29, 1.82) is 0 Å². The second kappa shape index (κ2) is 9.59. The number of ether oxygens (including phenoxy) is 2. The number of carbonyl (C=O) groups excluding carboxylic acids is 2. The fourth-order valence-electron chi connectivity index (χ4n) is 3.06. The molecule has 0 bridgehead atoms. The molecule has 7 nitrogen and oxygen atoms in total. The van der Waals surface area contributed by atoms with E-state index in [1.54, 1.807) is 32.7 Å². The summed E-state index contributed by atoms with van der Waals surface area (Å²) in [6.07, 6.45) is 3.33. The first-order valence-corrected chi connectivity index (χ1v) is 9.81. The average molecular weight is 401 g/mol. The van der Waals surface area contributed by atoms with Gasteiger partial charge in [0.25, 0.3) is 11.8 Å². The number of aromatic nitrogens is 1. The van der Waals surface area contributed by atoms with Gasteiger partial charge in [-0.1, -0.05) is 12.1 Å². The standard InChI is InChI=1S/C20H23N3O4S/c1-26-10-8-22(9-11-27-2)18-17(16-6-4-12-28-16)19(24)23(20(18)25)14-15-5-3-7-21-13-15/h3-7,12-13H,8-11,14H2,1-2H3. The molecule has 148 valence electrons. The van der Waals surface area contributed by atoms with E-state index in [2.05, 4.69) is 4.98 Å². The van der Waals surface area contributed by atoms with Crippen LogP contribution in [0, 0.1) is 0 Å². The Labute approximate surface area is 168 Å². The third kappa shape index (κ3) is 4.30. The highest BCUT2D eigenvalue weighted by atomic mass is 32.1. The zero-order chi connectivity index (χ0) is 19.9. The highest BCUT2D eigenvalue weighted by Gasteiger charge is 2.41. The Morgan fingerprint density at radius 2 is 1.82 bits per heavy atom. The molecule has 0 unspecified atom stereocenters. The number of hydrogen-bond acceptors (Lipinski definition) is 7. The van der Waals surface area contributed by atoms with Gasteiger partial charge < -0.3 is 14.4 Å². The van der Waals surface area contributed by atoms with E-state index in [-0.39, 0.29) is 18.4 Å². The summed E-state index contributed by atoms with van der Waals surface area (Å²) in [7, 11) is 3.22. The van der Waals surface area contributed by atoms with E-state index in [0.29, 0.717) is 37.6 Å². The molecule has 0 atom stereocenters. The lowest BCUT2D eigenvalue weighted by Crippen LogP contribution is -2.37. The Kier molecular flexibility index (Phi) is 6.91. The number of imide groups is 1. The van der Waals surface area contributed by atoms with Crippen LogP contribution in [0.4, 0.5) is 0 Å². The first-order valence-electron chi connectivity index (χ1n) is 8.93. The number of hydrogen-bond donors (Lipinski definition) is 0. The van der Waals surface area contributed by atoms with Crippen molar-refractivity contribution in [3.8, 4) is 0 Å². The lowest BCUT2D eigenvalue weighted by Gasteiger charge is -2.25. The van der Waals surface area contributed by atoms with Crippen LogP contribution in [-0.2, 0) is 25.6 Å². The molecule has 0 fully saturated rings. The van der Waals surface area contributed by atoms with Crippen LogP contribution in [0.1, 0.15) is 10.4 Å². The fourth-order valence-corrected chi connectivity index (χ4v) is 3.82. The van der Waals surface area contributed by atoms with Gasteiger partial charge in [-0.15, -0.1) is 11.3 Å². The number of amides is 2. The molecule has 0 spiro atoms. The molecule has 0 radical (unpaired) electrons. The largest absolute Gasteiger partial charge is 0.383 e. The number of thiophene rings is 1. The van der Waals surface area contributed by atoms with Gasteiger partial charge in [0.2, 0.25) is 0 Å². The molecule has 2 aromatic rings. The SMILES string of the molecule is COCCN(CCOC)C1=C(c2cccs2)C(=O)N(Cc2cccnc2)C1=O. The lowest BCUT2D eigenvalue weighted by atomic mass is 10.1. The van der Waals surface area contributed by atoms with Crippen LogP contribution >= 0.6 is 11.3 Å². The summed E-state index contributed by atoms with van der Waals surface area (Å²) < 4.78 is 10.4. The molecule has 0 saturated heterocycles. The molecule has 0 aliphatic carbocycles. The molecule has 0 N–H and O–H groups in total. The van der Waals surface area contributed by atoms with Crippen molar-refractivity contribution >= 4 is 28.7 Å². The number of carbonyl (C=O) groups is 2. The monoisotopic (exact) mass is 401 g/mol. The minimum Gasteiger partial charge on any atom is -0.383 e. The van der Waals surface area contributed by atoms with E-state index in [1.807, 2.05) is 28.5 Å². The predicted molar refractivity (Wildman–Crippen MR) is 106 cm³/mol. The quantitative estimate of drug-likeness (QED) is 0.567. The number of methoxy groups -OCH3 is 2.